The standard InChI is InChI=1S/C18H24N2/c1-16(19-13-17-9-5-3-6-10-17)14-20(2)15-18-11-7-4-8-12-18/h3-12,16,19H,13-15H2,1-2H3. The maximum atomic E-state index is 3.57. The molecule has 0 amide bonds. The van der Waals surface area contributed by atoms with Gasteiger partial charge >= 0.3 is 0 Å². The molecular formula is C18H24N2. The summed E-state index contributed by atoms with van der Waals surface area (Å²) < 4.78 is 0. The van der Waals surface area contributed by atoms with Gasteiger partial charge in [-0.05, 0) is 25.1 Å². The van der Waals surface area contributed by atoms with E-state index in [4.69, 9.17) is 0 Å². The summed E-state index contributed by atoms with van der Waals surface area (Å²) in [4.78, 5) is 2.36. The Kier molecular flexibility index (Phi) is 5.78. The molecule has 2 nitrogen and oxygen atoms in total. The van der Waals surface area contributed by atoms with Crippen molar-refractivity contribution in [3.63, 3.8) is 0 Å². The highest BCUT2D eigenvalue weighted by molar-refractivity contribution is 5.15. The van der Waals surface area contributed by atoms with Crippen LogP contribution < -0.4 is 5.32 Å². The van der Waals surface area contributed by atoms with Gasteiger partial charge in [-0.25, -0.2) is 0 Å². The lowest BCUT2D eigenvalue weighted by Gasteiger charge is -2.22. The highest BCUT2D eigenvalue weighted by Gasteiger charge is 2.06. The van der Waals surface area contributed by atoms with E-state index in [9.17, 15) is 0 Å². The summed E-state index contributed by atoms with van der Waals surface area (Å²) in [6, 6.07) is 21.6. The van der Waals surface area contributed by atoms with Crippen LogP contribution in [0.5, 0.6) is 0 Å². The quantitative estimate of drug-likeness (QED) is 0.829. The van der Waals surface area contributed by atoms with E-state index in [1.54, 1.807) is 0 Å². The zero-order valence-electron chi connectivity index (χ0n) is 12.4. The zero-order valence-corrected chi connectivity index (χ0v) is 12.4. The molecule has 0 bridgehead atoms. The van der Waals surface area contributed by atoms with Crippen LogP contribution in [0.4, 0.5) is 0 Å². The van der Waals surface area contributed by atoms with Gasteiger partial charge in [-0.15, -0.1) is 0 Å². The monoisotopic (exact) mass is 268 g/mol. The normalized spacial score (nSPS) is 12.6. The fourth-order valence-electron chi connectivity index (χ4n) is 2.38. The lowest BCUT2D eigenvalue weighted by atomic mass is 10.2. The summed E-state index contributed by atoms with van der Waals surface area (Å²) >= 11 is 0. The second kappa shape index (κ2) is 7.83. The van der Waals surface area contributed by atoms with Gasteiger partial charge in [-0.2, -0.15) is 0 Å². The third-order valence-corrected chi connectivity index (χ3v) is 3.38. The van der Waals surface area contributed by atoms with Crippen molar-refractivity contribution >= 4 is 0 Å². The van der Waals surface area contributed by atoms with Crippen molar-refractivity contribution in [2.24, 2.45) is 0 Å². The maximum absolute atomic E-state index is 3.57. The number of hydrogen-bond acceptors (Lipinski definition) is 2. The first-order valence-electron chi connectivity index (χ1n) is 7.24. The van der Waals surface area contributed by atoms with Crippen LogP contribution in [-0.2, 0) is 13.1 Å². The Hall–Kier alpha value is -1.64. The Balaban J connectivity index is 1.72. The van der Waals surface area contributed by atoms with Gasteiger partial charge in [0.05, 0.1) is 0 Å². The van der Waals surface area contributed by atoms with Crippen molar-refractivity contribution in [1.29, 1.82) is 0 Å². The van der Waals surface area contributed by atoms with E-state index in [0.29, 0.717) is 6.04 Å². The summed E-state index contributed by atoms with van der Waals surface area (Å²) in [6.07, 6.45) is 0. The third kappa shape index (κ3) is 5.16. The lowest BCUT2D eigenvalue weighted by molar-refractivity contribution is 0.289. The van der Waals surface area contributed by atoms with E-state index >= 15 is 0 Å². The van der Waals surface area contributed by atoms with E-state index in [1.807, 2.05) is 0 Å². The molecule has 0 saturated carbocycles. The molecule has 0 aliphatic heterocycles. The van der Waals surface area contributed by atoms with Crippen LogP contribution >= 0.6 is 0 Å². The van der Waals surface area contributed by atoms with Crippen LogP contribution in [0.1, 0.15) is 18.1 Å². The molecule has 0 heterocycles. The molecule has 2 heteroatoms. The Morgan fingerprint density at radius 3 is 2.05 bits per heavy atom. The van der Waals surface area contributed by atoms with Crippen LogP contribution in [0.2, 0.25) is 0 Å². The molecule has 0 aliphatic carbocycles. The predicted octanol–water partition coefficient (Wildman–Crippen LogP) is 3.30. The smallest absolute Gasteiger partial charge is 0.0231 e. The van der Waals surface area contributed by atoms with Gasteiger partial charge in [0.1, 0.15) is 0 Å². The van der Waals surface area contributed by atoms with E-state index in [0.717, 1.165) is 19.6 Å². The first kappa shape index (κ1) is 14.8. The predicted molar refractivity (Wildman–Crippen MR) is 85.5 cm³/mol. The molecule has 2 aromatic rings. The molecule has 20 heavy (non-hydrogen) atoms. The molecule has 0 spiro atoms. The summed E-state index contributed by atoms with van der Waals surface area (Å²) in [6.45, 7) is 5.21. The number of rotatable bonds is 7. The topological polar surface area (TPSA) is 15.3 Å². The van der Waals surface area contributed by atoms with Crippen molar-refractivity contribution in [3.8, 4) is 0 Å². The molecule has 0 saturated heterocycles. The second-order valence-electron chi connectivity index (χ2n) is 5.45. The van der Waals surface area contributed by atoms with Crippen molar-refractivity contribution in [3.05, 3.63) is 71.8 Å². The lowest BCUT2D eigenvalue weighted by Crippen LogP contribution is -2.36. The molecule has 0 radical (unpaired) electrons. The highest BCUT2D eigenvalue weighted by atomic mass is 15.1. The molecule has 1 N–H and O–H groups in total. The number of hydrogen-bond donors (Lipinski definition) is 1. The molecule has 1 atom stereocenters. The zero-order chi connectivity index (χ0) is 14.2. The minimum atomic E-state index is 0.476. The molecule has 0 aliphatic rings. The minimum Gasteiger partial charge on any atom is -0.309 e. The molecule has 2 aromatic carbocycles. The summed E-state index contributed by atoms with van der Waals surface area (Å²) in [5, 5.41) is 3.57. The second-order valence-corrected chi connectivity index (χ2v) is 5.45. The Morgan fingerprint density at radius 1 is 0.900 bits per heavy atom. The van der Waals surface area contributed by atoms with Gasteiger partial charge in [-0.3, -0.25) is 0 Å². The summed E-state index contributed by atoms with van der Waals surface area (Å²) in [5.41, 5.74) is 2.70. The summed E-state index contributed by atoms with van der Waals surface area (Å²) in [5.74, 6) is 0. The maximum Gasteiger partial charge on any atom is 0.0231 e. The third-order valence-electron chi connectivity index (χ3n) is 3.38. The van der Waals surface area contributed by atoms with Crippen LogP contribution in [0.15, 0.2) is 60.7 Å². The van der Waals surface area contributed by atoms with Gasteiger partial charge < -0.3 is 10.2 Å². The number of nitrogens with one attached hydrogen (secondary N) is 1. The van der Waals surface area contributed by atoms with Crippen LogP contribution in [0.3, 0.4) is 0 Å². The Bertz CT molecular complexity index is 481. The average molecular weight is 268 g/mol. The van der Waals surface area contributed by atoms with E-state index in [1.165, 1.54) is 11.1 Å². The molecule has 0 aromatic heterocycles. The minimum absolute atomic E-state index is 0.476. The molecule has 1 unspecified atom stereocenters. The van der Waals surface area contributed by atoms with Gasteiger partial charge in [0.2, 0.25) is 0 Å². The SMILES string of the molecule is CC(CN(C)Cc1ccccc1)NCc1ccccc1. The van der Waals surface area contributed by atoms with Gasteiger partial charge in [0.15, 0.2) is 0 Å². The summed E-state index contributed by atoms with van der Waals surface area (Å²) in [7, 11) is 2.17. The fraction of sp³-hybridized carbons (Fsp3) is 0.333. The van der Waals surface area contributed by atoms with Crippen LogP contribution in [0, 0.1) is 0 Å². The molecule has 0 fully saturated rings. The van der Waals surface area contributed by atoms with Crippen molar-refractivity contribution in [2.75, 3.05) is 13.6 Å². The van der Waals surface area contributed by atoms with E-state index < -0.39 is 0 Å². The van der Waals surface area contributed by atoms with Crippen LogP contribution in [-0.4, -0.2) is 24.5 Å². The van der Waals surface area contributed by atoms with Crippen molar-refractivity contribution < 1.29 is 0 Å². The van der Waals surface area contributed by atoms with Gasteiger partial charge in [-0.1, -0.05) is 60.7 Å². The Labute approximate surface area is 122 Å². The van der Waals surface area contributed by atoms with Crippen molar-refractivity contribution in [1.82, 2.24) is 10.2 Å². The molecule has 2 rings (SSSR count). The van der Waals surface area contributed by atoms with E-state index in [2.05, 4.69) is 84.9 Å². The highest BCUT2D eigenvalue weighted by Crippen LogP contribution is 2.04. The number of benzene rings is 2. The Morgan fingerprint density at radius 2 is 1.45 bits per heavy atom. The van der Waals surface area contributed by atoms with Crippen molar-refractivity contribution in [2.45, 2.75) is 26.1 Å². The van der Waals surface area contributed by atoms with E-state index in [-0.39, 0.29) is 0 Å². The average Bonchev–Trinajstić information content (AvgIpc) is 2.47. The molecular weight excluding hydrogens is 244 g/mol. The largest absolute Gasteiger partial charge is 0.309 e. The fourth-order valence-corrected chi connectivity index (χ4v) is 2.38. The molecule has 106 valence electrons. The number of likely N-dealkylation sites (N-methyl/N-ethyl adjacent to an activating group) is 1. The first-order valence-corrected chi connectivity index (χ1v) is 7.24. The van der Waals surface area contributed by atoms with Gasteiger partial charge in [0.25, 0.3) is 0 Å². The first-order chi connectivity index (χ1) is 9.74. The van der Waals surface area contributed by atoms with Crippen LogP contribution in [0.25, 0.3) is 0 Å². The number of nitrogens with zero attached hydrogens (tertiary/aromatic N) is 1. The van der Waals surface area contributed by atoms with Gasteiger partial charge in [0, 0.05) is 25.7 Å².